The standard InChI is InChI=1S/C12H8BrFN2O3/c1-18-12(17)10-5-15-6-11(16-10)19-9-3-7(13)2-8(14)4-9/h2-6H,1H3. The molecule has 98 valence electrons. The Labute approximate surface area is 116 Å². The van der Waals surface area contributed by atoms with Crippen LogP contribution in [-0.4, -0.2) is 23.0 Å². The van der Waals surface area contributed by atoms with E-state index >= 15 is 0 Å². The molecular weight excluding hydrogens is 319 g/mol. The van der Waals surface area contributed by atoms with Gasteiger partial charge in [-0.1, -0.05) is 15.9 Å². The van der Waals surface area contributed by atoms with E-state index in [1.165, 1.54) is 31.6 Å². The van der Waals surface area contributed by atoms with Crippen molar-refractivity contribution in [2.24, 2.45) is 0 Å². The van der Waals surface area contributed by atoms with Crippen LogP contribution in [0.1, 0.15) is 10.5 Å². The van der Waals surface area contributed by atoms with Gasteiger partial charge in [-0.15, -0.1) is 0 Å². The Morgan fingerprint density at radius 2 is 2.11 bits per heavy atom. The van der Waals surface area contributed by atoms with E-state index < -0.39 is 11.8 Å². The summed E-state index contributed by atoms with van der Waals surface area (Å²) in [7, 11) is 1.24. The summed E-state index contributed by atoms with van der Waals surface area (Å²) < 4.78 is 23.5. The van der Waals surface area contributed by atoms with Gasteiger partial charge in [0.2, 0.25) is 5.88 Å². The summed E-state index contributed by atoms with van der Waals surface area (Å²) in [5.41, 5.74) is 0.00969. The zero-order chi connectivity index (χ0) is 13.8. The molecule has 0 aliphatic carbocycles. The van der Waals surface area contributed by atoms with E-state index in [9.17, 15) is 9.18 Å². The lowest BCUT2D eigenvalue weighted by atomic mass is 10.3. The highest BCUT2D eigenvalue weighted by Crippen LogP contribution is 2.24. The van der Waals surface area contributed by atoms with Crippen LogP contribution in [0.5, 0.6) is 11.6 Å². The fourth-order valence-corrected chi connectivity index (χ4v) is 1.75. The summed E-state index contributed by atoms with van der Waals surface area (Å²) in [6.45, 7) is 0. The van der Waals surface area contributed by atoms with Crippen LogP contribution < -0.4 is 4.74 Å². The van der Waals surface area contributed by atoms with E-state index in [2.05, 4.69) is 30.6 Å². The number of ether oxygens (including phenoxy) is 2. The predicted octanol–water partition coefficient (Wildman–Crippen LogP) is 2.96. The fourth-order valence-electron chi connectivity index (χ4n) is 1.31. The topological polar surface area (TPSA) is 61.3 Å². The molecule has 0 fully saturated rings. The van der Waals surface area contributed by atoms with E-state index in [1.807, 2.05) is 0 Å². The maximum Gasteiger partial charge on any atom is 0.358 e. The number of rotatable bonds is 3. The molecular formula is C12H8BrFN2O3. The van der Waals surface area contributed by atoms with Crippen molar-refractivity contribution in [3.8, 4) is 11.6 Å². The number of carbonyl (C=O) groups excluding carboxylic acids is 1. The van der Waals surface area contributed by atoms with Gasteiger partial charge in [0.15, 0.2) is 5.69 Å². The molecule has 0 saturated heterocycles. The first-order valence-electron chi connectivity index (χ1n) is 5.13. The lowest BCUT2D eigenvalue weighted by Gasteiger charge is -2.06. The molecule has 1 aromatic heterocycles. The second kappa shape index (κ2) is 5.75. The van der Waals surface area contributed by atoms with Gasteiger partial charge in [-0.2, -0.15) is 0 Å². The van der Waals surface area contributed by atoms with Crippen LogP contribution in [0, 0.1) is 5.82 Å². The van der Waals surface area contributed by atoms with Crippen LogP contribution in [0.2, 0.25) is 0 Å². The van der Waals surface area contributed by atoms with E-state index in [1.54, 1.807) is 6.07 Å². The smallest absolute Gasteiger partial charge is 0.358 e. The number of aromatic nitrogens is 2. The summed E-state index contributed by atoms with van der Waals surface area (Å²) >= 11 is 3.15. The zero-order valence-corrected chi connectivity index (χ0v) is 11.3. The fraction of sp³-hybridized carbons (Fsp3) is 0.0833. The average Bonchev–Trinajstić information content (AvgIpc) is 2.37. The van der Waals surface area contributed by atoms with Crippen molar-refractivity contribution < 1.29 is 18.7 Å². The molecule has 0 atom stereocenters. The molecule has 0 radical (unpaired) electrons. The second-order valence-electron chi connectivity index (χ2n) is 3.44. The molecule has 0 bridgehead atoms. The van der Waals surface area contributed by atoms with Gasteiger partial charge in [0.05, 0.1) is 19.5 Å². The number of hydrogen-bond donors (Lipinski definition) is 0. The summed E-state index contributed by atoms with van der Waals surface area (Å²) in [6, 6.07) is 4.05. The monoisotopic (exact) mass is 326 g/mol. The quantitative estimate of drug-likeness (QED) is 0.811. The van der Waals surface area contributed by atoms with Crippen molar-refractivity contribution in [3.63, 3.8) is 0 Å². The molecule has 1 heterocycles. The van der Waals surface area contributed by atoms with Gasteiger partial charge < -0.3 is 9.47 Å². The highest BCUT2D eigenvalue weighted by atomic mass is 79.9. The minimum atomic E-state index is -0.627. The van der Waals surface area contributed by atoms with Crippen molar-refractivity contribution in [2.75, 3.05) is 7.11 Å². The van der Waals surface area contributed by atoms with Crippen molar-refractivity contribution in [3.05, 3.63) is 46.6 Å². The minimum absolute atomic E-state index is 0.00969. The van der Waals surface area contributed by atoms with Gasteiger partial charge in [-0.3, -0.25) is 4.98 Å². The summed E-state index contributed by atoms with van der Waals surface area (Å²) in [4.78, 5) is 19.0. The van der Waals surface area contributed by atoms with E-state index in [4.69, 9.17) is 4.74 Å². The van der Waals surface area contributed by atoms with Crippen molar-refractivity contribution in [1.82, 2.24) is 9.97 Å². The summed E-state index contributed by atoms with van der Waals surface area (Å²) in [5.74, 6) is -0.775. The first-order chi connectivity index (χ1) is 9.08. The summed E-state index contributed by atoms with van der Waals surface area (Å²) in [5, 5.41) is 0. The Morgan fingerprint density at radius 1 is 1.32 bits per heavy atom. The minimum Gasteiger partial charge on any atom is -0.464 e. The number of halogens is 2. The Bertz CT molecular complexity index is 601. The molecule has 0 N–H and O–H groups in total. The third-order valence-corrected chi connectivity index (χ3v) is 2.52. The van der Waals surface area contributed by atoms with Crippen LogP contribution in [-0.2, 0) is 4.74 Å². The first kappa shape index (κ1) is 13.4. The van der Waals surface area contributed by atoms with Crippen molar-refractivity contribution >= 4 is 21.9 Å². The van der Waals surface area contributed by atoms with Crippen LogP contribution in [0.4, 0.5) is 4.39 Å². The van der Waals surface area contributed by atoms with E-state index in [0.717, 1.165) is 0 Å². The molecule has 1 aromatic carbocycles. The Hall–Kier alpha value is -2.02. The van der Waals surface area contributed by atoms with E-state index in [-0.39, 0.29) is 17.3 Å². The lowest BCUT2D eigenvalue weighted by Crippen LogP contribution is -2.05. The molecule has 0 unspecified atom stereocenters. The lowest BCUT2D eigenvalue weighted by molar-refractivity contribution is 0.0592. The molecule has 0 aliphatic rings. The number of methoxy groups -OCH3 is 1. The average molecular weight is 327 g/mol. The molecule has 2 aromatic rings. The molecule has 0 aliphatic heterocycles. The van der Waals surface area contributed by atoms with Gasteiger partial charge in [-0.25, -0.2) is 14.2 Å². The molecule has 2 rings (SSSR count). The van der Waals surface area contributed by atoms with Gasteiger partial charge in [0.25, 0.3) is 0 Å². The van der Waals surface area contributed by atoms with Gasteiger partial charge >= 0.3 is 5.97 Å². The molecule has 5 nitrogen and oxygen atoms in total. The van der Waals surface area contributed by atoms with Crippen LogP contribution in [0.3, 0.4) is 0 Å². The van der Waals surface area contributed by atoms with Crippen molar-refractivity contribution in [2.45, 2.75) is 0 Å². The number of benzene rings is 1. The SMILES string of the molecule is COC(=O)c1cncc(Oc2cc(F)cc(Br)c2)n1. The Morgan fingerprint density at radius 3 is 2.79 bits per heavy atom. The largest absolute Gasteiger partial charge is 0.464 e. The number of nitrogens with zero attached hydrogens (tertiary/aromatic N) is 2. The highest BCUT2D eigenvalue weighted by molar-refractivity contribution is 9.10. The Kier molecular flexibility index (Phi) is 4.06. The normalized spacial score (nSPS) is 10.1. The zero-order valence-electron chi connectivity index (χ0n) is 9.76. The van der Waals surface area contributed by atoms with Crippen molar-refractivity contribution in [1.29, 1.82) is 0 Å². The van der Waals surface area contributed by atoms with Crippen LogP contribution >= 0.6 is 15.9 Å². The van der Waals surface area contributed by atoms with Gasteiger partial charge in [0, 0.05) is 10.5 Å². The van der Waals surface area contributed by atoms with Crippen LogP contribution in [0.25, 0.3) is 0 Å². The maximum atomic E-state index is 13.2. The molecule has 0 saturated carbocycles. The molecule has 7 heteroatoms. The number of esters is 1. The Balaban J connectivity index is 2.25. The second-order valence-corrected chi connectivity index (χ2v) is 4.36. The highest BCUT2D eigenvalue weighted by Gasteiger charge is 2.10. The molecule has 19 heavy (non-hydrogen) atoms. The number of hydrogen-bond acceptors (Lipinski definition) is 5. The third-order valence-electron chi connectivity index (χ3n) is 2.07. The van der Waals surface area contributed by atoms with Gasteiger partial charge in [-0.05, 0) is 12.1 Å². The summed E-state index contributed by atoms with van der Waals surface area (Å²) in [6.07, 6.45) is 2.56. The third kappa shape index (κ3) is 3.47. The molecule has 0 amide bonds. The van der Waals surface area contributed by atoms with Gasteiger partial charge in [0.1, 0.15) is 11.6 Å². The first-order valence-corrected chi connectivity index (χ1v) is 5.92. The molecule has 0 spiro atoms. The van der Waals surface area contributed by atoms with E-state index in [0.29, 0.717) is 4.47 Å². The number of carbonyl (C=O) groups is 1. The maximum absolute atomic E-state index is 13.2. The van der Waals surface area contributed by atoms with Crippen LogP contribution in [0.15, 0.2) is 35.1 Å². The predicted molar refractivity (Wildman–Crippen MR) is 67.5 cm³/mol.